The number of carbonyl (C=O) groups excluding carboxylic acids is 1. The number of rotatable bonds is 4. The summed E-state index contributed by atoms with van der Waals surface area (Å²) in [5.74, 6) is 0.732. The van der Waals surface area contributed by atoms with Crippen LogP contribution in [0.25, 0.3) is 16.8 Å². The van der Waals surface area contributed by atoms with Gasteiger partial charge in [0.15, 0.2) is 0 Å². The summed E-state index contributed by atoms with van der Waals surface area (Å²) in [6.45, 7) is 10.9. The average Bonchev–Trinajstić information content (AvgIpc) is 3.34. The van der Waals surface area contributed by atoms with E-state index >= 15 is 0 Å². The third-order valence-electron chi connectivity index (χ3n) is 5.18. The molecule has 0 spiro atoms. The molecule has 1 N–H and O–H groups in total. The topological polar surface area (TPSA) is 86.3 Å². The minimum Gasteiger partial charge on any atom is -0.473 e. The first kappa shape index (κ1) is 18.5. The summed E-state index contributed by atoms with van der Waals surface area (Å²) in [6, 6.07) is 0. The van der Waals surface area contributed by atoms with Gasteiger partial charge in [0.05, 0.1) is 29.8 Å². The van der Waals surface area contributed by atoms with E-state index in [9.17, 15) is 4.79 Å². The summed E-state index contributed by atoms with van der Waals surface area (Å²) >= 11 is 0. The molecule has 8 heteroatoms. The second-order valence-corrected chi connectivity index (χ2v) is 8.49. The van der Waals surface area contributed by atoms with Crippen LogP contribution in [0.3, 0.4) is 0 Å². The molecule has 0 bridgehead atoms. The fourth-order valence-corrected chi connectivity index (χ4v) is 3.39. The van der Waals surface area contributed by atoms with Crippen LogP contribution >= 0.6 is 0 Å². The quantitative estimate of drug-likeness (QED) is 0.749. The standard InChI is InChI=1S/C20H26N6O2/c1-12-7-22-25-11-16(15-9-23-26(10-15)20(3,4)5)24-19(18(12)25)28-13(2)14-6-17(27)21-8-14/h7,9-11,13-14H,6,8H2,1-5H3,(H,21,27)/t13?,14-/m1/s1. The highest BCUT2D eigenvalue weighted by atomic mass is 16.5. The van der Waals surface area contributed by atoms with E-state index in [1.807, 2.05) is 37.1 Å². The zero-order chi connectivity index (χ0) is 20.1. The number of ether oxygens (including phenoxy) is 1. The number of hydrogen-bond acceptors (Lipinski definition) is 5. The first-order chi connectivity index (χ1) is 13.2. The highest BCUT2D eigenvalue weighted by Gasteiger charge is 2.29. The van der Waals surface area contributed by atoms with Crippen molar-refractivity contribution in [2.45, 2.75) is 52.7 Å². The molecule has 1 unspecified atom stereocenters. The van der Waals surface area contributed by atoms with E-state index in [1.54, 1.807) is 10.7 Å². The van der Waals surface area contributed by atoms with Gasteiger partial charge in [0, 0.05) is 36.2 Å². The SMILES string of the molecule is Cc1cnn2cc(-c3cnn(C(C)(C)C)c3)nc(OC(C)[C@H]3CNC(=O)C3)c12. The lowest BCUT2D eigenvalue weighted by Crippen LogP contribution is -2.26. The molecule has 4 heterocycles. The normalized spacial score (nSPS) is 18.5. The van der Waals surface area contributed by atoms with Gasteiger partial charge in [-0.3, -0.25) is 9.48 Å². The second kappa shape index (κ2) is 6.61. The number of carbonyl (C=O) groups is 1. The number of aromatic nitrogens is 5. The van der Waals surface area contributed by atoms with Gasteiger partial charge in [-0.05, 0) is 34.6 Å². The molecule has 28 heavy (non-hydrogen) atoms. The third-order valence-corrected chi connectivity index (χ3v) is 5.18. The Bertz CT molecular complexity index is 1030. The van der Waals surface area contributed by atoms with E-state index in [1.165, 1.54) is 0 Å². The van der Waals surface area contributed by atoms with Gasteiger partial charge in [0.1, 0.15) is 11.6 Å². The predicted octanol–water partition coefficient (Wildman–Crippen LogP) is 2.56. The van der Waals surface area contributed by atoms with Crippen LogP contribution in [0.4, 0.5) is 0 Å². The van der Waals surface area contributed by atoms with Gasteiger partial charge in [-0.2, -0.15) is 10.2 Å². The van der Waals surface area contributed by atoms with Crippen molar-refractivity contribution in [1.82, 2.24) is 29.7 Å². The molecule has 2 atom stereocenters. The lowest BCUT2D eigenvalue weighted by molar-refractivity contribution is -0.119. The van der Waals surface area contributed by atoms with Crippen LogP contribution in [0.2, 0.25) is 0 Å². The molecule has 1 amide bonds. The summed E-state index contributed by atoms with van der Waals surface area (Å²) < 4.78 is 9.96. The lowest BCUT2D eigenvalue weighted by atomic mass is 10.0. The number of nitrogens with zero attached hydrogens (tertiary/aromatic N) is 5. The highest BCUT2D eigenvalue weighted by Crippen LogP contribution is 2.29. The Kier molecular flexibility index (Phi) is 4.36. The molecule has 0 radical (unpaired) electrons. The Labute approximate surface area is 163 Å². The van der Waals surface area contributed by atoms with Crippen molar-refractivity contribution in [1.29, 1.82) is 0 Å². The largest absolute Gasteiger partial charge is 0.473 e. The molecule has 0 aromatic carbocycles. The van der Waals surface area contributed by atoms with Crippen LogP contribution in [-0.4, -0.2) is 42.9 Å². The number of amides is 1. The Morgan fingerprint density at radius 3 is 2.68 bits per heavy atom. The number of fused-ring (bicyclic) bond motifs is 1. The van der Waals surface area contributed by atoms with Crippen molar-refractivity contribution in [3.05, 3.63) is 30.4 Å². The molecule has 3 aromatic heterocycles. The molecule has 4 rings (SSSR count). The van der Waals surface area contributed by atoms with Gasteiger partial charge in [-0.1, -0.05) is 0 Å². The van der Waals surface area contributed by atoms with E-state index in [2.05, 4.69) is 36.3 Å². The van der Waals surface area contributed by atoms with Crippen LogP contribution in [0.1, 0.15) is 39.7 Å². The van der Waals surface area contributed by atoms with Gasteiger partial charge in [-0.25, -0.2) is 9.50 Å². The van der Waals surface area contributed by atoms with Gasteiger partial charge < -0.3 is 10.1 Å². The van der Waals surface area contributed by atoms with Crippen LogP contribution < -0.4 is 10.1 Å². The van der Waals surface area contributed by atoms with Gasteiger partial charge >= 0.3 is 0 Å². The monoisotopic (exact) mass is 382 g/mol. The van der Waals surface area contributed by atoms with Crippen LogP contribution in [0.5, 0.6) is 5.88 Å². The zero-order valence-corrected chi connectivity index (χ0v) is 16.9. The third kappa shape index (κ3) is 3.34. The van der Waals surface area contributed by atoms with E-state index < -0.39 is 0 Å². The zero-order valence-electron chi connectivity index (χ0n) is 16.9. The van der Waals surface area contributed by atoms with E-state index in [0.29, 0.717) is 18.8 Å². The summed E-state index contributed by atoms with van der Waals surface area (Å²) in [7, 11) is 0. The Hall–Kier alpha value is -2.90. The van der Waals surface area contributed by atoms with E-state index in [4.69, 9.17) is 9.72 Å². The molecular weight excluding hydrogens is 356 g/mol. The second-order valence-electron chi connectivity index (χ2n) is 8.49. The summed E-state index contributed by atoms with van der Waals surface area (Å²) in [5, 5.41) is 11.8. The van der Waals surface area contributed by atoms with Crippen molar-refractivity contribution in [2.24, 2.45) is 5.92 Å². The number of hydrogen-bond donors (Lipinski definition) is 1. The van der Waals surface area contributed by atoms with E-state index in [-0.39, 0.29) is 23.5 Å². The molecule has 1 saturated heterocycles. The maximum Gasteiger partial charge on any atom is 0.241 e. The van der Waals surface area contributed by atoms with Crippen molar-refractivity contribution < 1.29 is 9.53 Å². The Balaban J connectivity index is 1.72. The molecule has 3 aromatic rings. The molecule has 1 fully saturated rings. The molecule has 0 saturated carbocycles. The predicted molar refractivity (Wildman–Crippen MR) is 105 cm³/mol. The highest BCUT2D eigenvalue weighted by molar-refractivity contribution is 5.78. The van der Waals surface area contributed by atoms with Gasteiger partial charge in [0.2, 0.25) is 11.8 Å². The van der Waals surface area contributed by atoms with Gasteiger partial charge in [-0.15, -0.1) is 0 Å². The smallest absolute Gasteiger partial charge is 0.241 e. The van der Waals surface area contributed by atoms with Crippen molar-refractivity contribution in [3.63, 3.8) is 0 Å². The van der Waals surface area contributed by atoms with Gasteiger partial charge in [0.25, 0.3) is 0 Å². The van der Waals surface area contributed by atoms with Crippen molar-refractivity contribution in [3.8, 4) is 17.1 Å². The minimum absolute atomic E-state index is 0.0717. The average molecular weight is 382 g/mol. The van der Waals surface area contributed by atoms with Crippen LogP contribution in [0, 0.1) is 12.8 Å². The molecule has 0 aliphatic carbocycles. The summed E-state index contributed by atoms with van der Waals surface area (Å²) in [4.78, 5) is 16.3. The van der Waals surface area contributed by atoms with Crippen LogP contribution in [0.15, 0.2) is 24.8 Å². The first-order valence-corrected chi connectivity index (χ1v) is 9.56. The maximum atomic E-state index is 11.6. The fraction of sp³-hybridized carbons (Fsp3) is 0.500. The molecule has 8 nitrogen and oxygen atoms in total. The molecule has 1 aliphatic heterocycles. The fourth-order valence-electron chi connectivity index (χ4n) is 3.39. The summed E-state index contributed by atoms with van der Waals surface area (Å²) in [5.41, 5.74) is 3.37. The Morgan fingerprint density at radius 1 is 1.25 bits per heavy atom. The summed E-state index contributed by atoms with van der Waals surface area (Å²) in [6.07, 6.45) is 7.83. The molecular formula is C20H26N6O2. The van der Waals surface area contributed by atoms with Crippen LogP contribution in [-0.2, 0) is 10.3 Å². The van der Waals surface area contributed by atoms with E-state index in [0.717, 1.165) is 22.3 Å². The van der Waals surface area contributed by atoms with Crippen molar-refractivity contribution in [2.75, 3.05) is 6.54 Å². The lowest BCUT2D eigenvalue weighted by Gasteiger charge is -2.20. The number of nitrogens with one attached hydrogen (secondary N) is 1. The maximum absolute atomic E-state index is 11.6. The molecule has 148 valence electrons. The first-order valence-electron chi connectivity index (χ1n) is 9.56. The minimum atomic E-state index is -0.142. The Morgan fingerprint density at radius 2 is 2.04 bits per heavy atom. The molecule has 1 aliphatic rings. The van der Waals surface area contributed by atoms with Crippen molar-refractivity contribution >= 4 is 11.4 Å². The number of aryl methyl sites for hydroxylation is 1.